The van der Waals surface area contributed by atoms with Crippen LogP contribution in [0.15, 0.2) is 24.3 Å². The van der Waals surface area contributed by atoms with E-state index in [1.165, 1.54) is 17.0 Å². The largest absolute Gasteiger partial charge is 0.388 e. The van der Waals surface area contributed by atoms with E-state index in [1.54, 1.807) is 4.90 Å². The number of amides is 2. The summed E-state index contributed by atoms with van der Waals surface area (Å²) in [6, 6.07) is 4.26. The molecule has 198 valence electrons. The van der Waals surface area contributed by atoms with Crippen LogP contribution in [-0.4, -0.2) is 107 Å². The van der Waals surface area contributed by atoms with E-state index in [9.17, 15) is 29.3 Å². The summed E-state index contributed by atoms with van der Waals surface area (Å²) < 4.78 is 18.7. The number of benzene rings is 1. The Hall–Kier alpha value is -2.15. The number of nitrogens with zero attached hydrogens (tertiary/aromatic N) is 2. The Labute approximate surface area is 205 Å². The second-order valence-electron chi connectivity index (χ2n) is 8.88. The van der Waals surface area contributed by atoms with Gasteiger partial charge in [0.2, 0.25) is 5.91 Å². The van der Waals surface area contributed by atoms with Crippen molar-refractivity contribution in [3.63, 3.8) is 0 Å². The van der Waals surface area contributed by atoms with Crippen molar-refractivity contribution in [2.45, 2.75) is 56.5 Å². The summed E-state index contributed by atoms with van der Waals surface area (Å²) in [5.41, 5.74) is 11.8. The van der Waals surface area contributed by atoms with Crippen molar-refractivity contribution >= 4 is 11.8 Å². The minimum absolute atomic E-state index is 0.0494. The molecule has 1 heterocycles. The number of aliphatic hydroxyl groups is 3. The highest BCUT2D eigenvalue weighted by Gasteiger charge is 2.30. The van der Waals surface area contributed by atoms with E-state index in [-0.39, 0.29) is 37.7 Å². The minimum atomic E-state index is -1.55. The zero-order valence-electron chi connectivity index (χ0n) is 20.1. The maximum Gasteiger partial charge on any atom is 0.254 e. The third kappa shape index (κ3) is 9.43. The number of aliphatic hydroxyl groups excluding tert-OH is 3. The second kappa shape index (κ2) is 15.1. The first-order valence-corrected chi connectivity index (χ1v) is 12.2. The molecule has 0 aliphatic carbocycles. The average molecular weight is 499 g/mol. The van der Waals surface area contributed by atoms with Crippen molar-refractivity contribution in [1.82, 2.24) is 9.80 Å². The summed E-state index contributed by atoms with van der Waals surface area (Å²) in [6.07, 6.45) is -1.13. The summed E-state index contributed by atoms with van der Waals surface area (Å²) in [7, 11) is 0. The molecule has 2 rings (SSSR count). The first-order chi connectivity index (χ1) is 16.7. The molecule has 7 N–H and O–H groups in total. The number of ether oxygens (including phenoxy) is 1. The van der Waals surface area contributed by atoms with Crippen molar-refractivity contribution < 1.29 is 34.0 Å². The fourth-order valence-electron chi connectivity index (χ4n) is 3.89. The maximum atomic E-state index is 13.3. The quantitative estimate of drug-likeness (QED) is 0.326. The molecular weight excluding hydrogens is 459 g/mol. The zero-order valence-corrected chi connectivity index (χ0v) is 20.1. The van der Waals surface area contributed by atoms with Gasteiger partial charge in [0.1, 0.15) is 24.1 Å². The predicted octanol–water partition coefficient (Wildman–Crippen LogP) is -0.554. The Bertz CT molecular complexity index is 784. The van der Waals surface area contributed by atoms with Crippen LogP contribution in [0, 0.1) is 5.82 Å². The number of hydrogen-bond donors (Lipinski definition) is 5. The second-order valence-corrected chi connectivity index (χ2v) is 8.88. The normalized spacial score (nSPS) is 24.0. The van der Waals surface area contributed by atoms with Crippen LogP contribution in [0.3, 0.4) is 0 Å². The molecule has 1 aromatic carbocycles. The molecule has 1 aromatic rings. The molecular formula is C24H39FN4O6. The number of hydrogen-bond acceptors (Lipinski definition) is 8. The highest BCUT2D eigenvalue weighted by Crippen LogP contribution is 2.12. The molecule has 1 saturated heterocycles. The number of halogens is 1. The first-order valence-electron chi connectivity index (χ1n) is 12.2. The van der Waals surface area contributed by atoms with E-state index in [0.29, 0.717) is 39.0 Å². The standard InChI is InChI=1S/C24H39FN4O6/c25-18-8-6-17(7-9-18)23(33)29-13-12-28(24(34)19(27)5-1-2-10-26)11-3-4-14-35-16-21(31)22(32)20(30)15-29/h6-9,19-22,30-32H,1-5,10-16,26-27H2/t19-,20-,21+,22+/m0/s1. The topological polar surface area (TPSA) is 163 Å². The van der Waals surface area contributed by atoms with Crippen molar-refractivity contribution in [3.05, 3.63) is 35.6 Å². The molecule has 1 fully saturated rings. The lowest BCUT2D eigenvalue weighted by Crippen LogP contribution is -2.51. The lowest BCUT2D eigenvalue weighted by molar-refractivity contribution is -0.133. The van der Waals surface area contributed by atoms with E-state index in [2.05, 4.69) is 0 Å². The van der Waals surface area contributed by atoms with Gasteiger partial charge in [0.25, 0.3) is 5.91 Å². The van der Waals surface area contributed by atoms with E-state index < -0.39 is 36.1 Å². The van der Waals surface area contributed by atoms with Crippen molar-refractivity contribution in [2.24, 2.45) is 11.5 Å². The number of β-amino-alcohol motifs (C(OH)–C–C–N with tert-alkyl or cyclic N) is 1. The number of carbonyl (C=O) groups excluding carboxylic acids is 2. The van der Waals surface area contributed by atoms with Crippen LogP contribution in [0.1, 0.15) is 42.5 Å². The van der Waals surface area contributed by atoms with Gasteiger partial charge in [0.15, 0.2) is 0 Å². The Morgan fingerprint density at radius 2 is 1.71 bits per heavy atom. The molecule has 4 atom stereocenters. The Kier molecular flexibility index (Phi) is 12.5. The molecule has 1 aliphatic heterocycles. The van der Waals surface area contributed by atoms with Gasteiger partial charge in [-0.2, -0.15) is 0 Å². The number of carbonyl (C=O) groups is 2. The number of rotatable bonds is 6. The predicted molar refractivity (Wildman–Crippen MR) is 128 cm³/mol. The van der Waals surface area contributed by atoms with Crippen LogP contribution >= 0.6 is 0 Å². The van der Waals surface area contributed by atoms with Crippen LogP contribution in [0.25, 0.3) is 0 Å². The van der Waals surface area contributed by atoms with Crippen molar-refractivity contribution in [3.8, 4) is 0 Å². The SMILES string of the molecule is NCCCC[C@H](N)C(=O)N1CCCCOC[C@@H](O)[C@H](O)[C@@H](O)CN(C(=O)c2ccc(F)cc2)CC1. The van der Waals surface area contributed by atoms with Gasteiger partial charge in [-0.15, -0.1) is 0 Å². The highest BCUT2D eigenvalue weighted by molar-refractivity contribution is 5.94. The molecule has 11 heteroatoms. The molecule has 0 unspecified atom stereocenters. The Balaban J connectivity index is 2.21. The van der Waals surface area contributed by atoms with Gasteiger partial charge >= 0.3 is 0 Å². The lowest BCUT2D eigenvalue weighted by Gasteiger charge is -2.33. The van der Waals surface area contributed by atoms with Crippen LogP contribution in [0.2, 0.25) is 0 Å². The third-order valence-corrected chi connectivity index (χ3v) is 6.07. The van der Waals surface area contributed by atoms with Crippen LogP contribution in [-0.2, 0) is 9.53 Å². The third-order valence-electron chi connectivity index (χ3n) is 6.07. The molecule has 0 saturated carbocycles. The molecule has 0 bridgehead atoms. The van der Waals surface area contributed by atoms with Crippen molar-refractivity contribution in [2.75, 3.05) is 45.9 Å². The number of nitrogens with two attached hydrogens (primary N) is 2. The Morgan fingerprint density at radius 1 is 1.03 bits per heavy atom. The summed E-state index contributed by atoms with van der Waals surface area (Å²) in [5.74, 6) is -1.24. The maximum absolute atomic E-state index is 13.3. The van der Waals surface area contributed by atoms with Gasteiger partial charge in [0.05, 0.1) is 12.6 Å². The fourth-order valence-corrected chi connectivity index (χ4v) is 3.89. The van der Waals surface area contributed by atoms with Crippen LogP contribution < -0.4 is 11.5 Å². The molecule has 0 aromatic heterocycles. The van der Waals surface area contributed by atoms with E-state index >= 15 is 0 Å². The van der Waals surface area contributed by atoms with E-state index in [0.717, 1.165) is 25.0 Å². The van der Waals surface area contributed by atoms with Gasteiger partial charge in [-0.3, -0.25) is 9.59 Å². The molecule has 0 spiro atoms. The van der Waals surface area contributed by atoms with Crippen LogP contribution in [0.4, 0.5) is 4.39 Å². The number of unbranched alkanes of at least 4 members (excludes halogenated alkanes) is 1. The zero-order chi connectivity index (χ0) is 25.8. The summed E-state index contributed by atoms with van der Waals surface area (Å²) in [4.78, 5) is 29.1. The van der Waals surface area contributed by atoms with E-state index in [4.69, 9.17) is 16.2 Å². The average Bonchev–Trinajstić information content (AvgIpc) is 2.85. The monoisotopic (exact) mass is 498 g/mol. The van der Waals surface area contributed by atoms with Crippen molar-refractivity contribution in [1.29, 1.82) is 0 Å². The Morgan fingerprint density at radius 3 is 2.40 bits per heavy atom. The van der Waals surface area contributed by atoms with Gasteiger partial charge in [-0.1, -0.05) is 6.42 Å². The first kappa shape index (κ1) is 29.1. The highest BCUT2D eigenvalue weighted by atomic mass is 19.1. The lowest BCUT2D eigenvalue weighted by atomic mass is 10.1. The molecule has 2 amide bonds. The minimum Gasteiger partial charge on any atom is -0.388 e. The summed E-state index contributed by atoms with van der Waals surface area (Å²) >= 11 is 0. The fraction of sp³-hybridized carbons (Fsp3) is 0.667. The molecule has 1 aliphatic rings. The van der Waals surface area contributed by atoms with Gasteiger partial charge in [-0.05, 0) is 56.5 Å². The summed E-state index contributed by atoms with van der Waals surface area (Å²) in [5, 5.41) is 31.0. The van der Waals surface area contributed by atoms with Gasteiger partial charge in [-0.25, -0.2) is 4.39 Å². The van der Waals surface area contributed by atoms with Gasteiger partial charge in [0, 0.05) is 38.3 Å². The molecule has 10 nitrogen and oxygen atoms in total. The van der Waals surface area contributed by atoms with Gasteiger partial charge < -0.3 is 41.3 Å². The van der Waals surface area contributed by atoms with Crippen LogP contribution in [0.5, 0.6) is 0 Å². The summed E-state index contributed by atoms with van der Waals surface area (Å²) in [6.45, 7) is 0.959. The van der Waals surface area contributed by atoms with E-state index in [1.807, 2.05) is 0 Å². The smallest absolute Gasteiger partial charge is 0.254 e. The molecule has 35 heavy (non-hydrogen) atoms. The molecule has 0 radical (unpaired) electrons.